The molecule has 0 spiro atoms. The van der Waals surface area contributed by atoms with Crippen LogP contribution in [-0.2, 0) is 6.54 Å². The van der Waals surface area contributed by atoms with Crippen molar-refractivity contribution in [1.82, 2.24) is 19.7 Å². The molecule has 0 fully saturated rings. The van der Waals surface area contributed by atoms with Crippen LogP contribution in [0.5, 0.6) is 0 Å². The molecule has 3 aromatic rings. The van der Waals surface area contributed by atoms with E-state index in [0.717, 1.165) is 0 Å². The maximum absolute atomic E-state index is 13.5. The fourth-order valence-corrected chi connectivity index (χ4v) is 1.84. The van der Waals surface area contributed by atoms with Gasteiger partial charge in [-0.1, -0.05) is 6.07 Å². The van der Waals surface area contributed by atoms with Gasteiger partial charge in [0, 0.05) is 12.1 Å². The van der Waals surface area contributed by atoms with Crippen molar-refractivity contribution in [2.24, 2.45) is 0 Å². The molecular weight excluding hydrogens is 276 g/mol. The molecule has 0 aliphatic carbocycles. The van der Waals surface area contributed by atoms with Gasteiger partial charge in [-0.15, -0.1) is 0 Å². The number of hydrogen-bond donors (Lipinski definition) is 1. The Labute approximate surface area is 119 Å². The smallest absolute Gasteiger partial charge is 0.155 e. The third kappa shape index (κ3) is 2.86. The molecule has 2 heterocycles. The first-order chi connectivity index (χ1) is 10.2. The zero-order valence-electron chi connectivity index (χ0n) is 10.9. The minimum absolute atomic E-state index is 0.00199. The Hall–Kier alpha value is -2.83. The highest BCUT2D eigenvalue weighted by Gasteiger charge is 2.08. The van der Waals surface area contributed by atoms with Crippen LogP contribution in [0.25, 0.3) is 5.82 Å². The topological polar surface area (TPSA) is 55.6 Å². The van der Waals surface area contributed by atoms with Gasteiger partial charge in [0.1, 0.15) is 24.3 Å². The highest BCUT2D eigenvalue weighted by atomic mass is 19.1. The SMILES string of the molecule is Fc1cccc(F)c1CNc1ccc(-n2cncn2)nc1. The van der Waals surface area contributed by atoms with Gasteiger partial charge < -0.3 is 5.32 Å². The summed E-state index contributed by atoms with van der Waals surface area (Å²) in [4.78, 5) is 8.02. The Morgan fingerprint density at radius 1 is 1.10 bits per heavy atom. The van der Waals surface area contributed by atoms with Crippen LogP contribution in [0.1, 0.15) is 5.56 Å². The number of benzene rings is 1. The second kappa shape index (κ2) is 5.66. The van der Waals surface area contributed by atoms with Crippen LogP contribution in [0.4, 0.5) is 14.5 Å². The fraction of sp³-hybridized carbons (Fsp3) is 0.0714. The summed E-state index contributed by atoms with van der Waals surface area (Å²) >= 11 is 0. The summed E-state index contributed by atoms with van der Waals surface area (Å²) in [6.45, 7) is 0.0445. The Kier molecular flexibility index (Phi) is 3.55. The molecule has 21 heavy (non-hydrogen) atoms. The Morgan fingerprint density at radius 3 is 2.52 bits per heavy atom. The van der Waals surface area contributed by atoms with Gasteiger partial charge in [0.05, 0.1) is 11.9 Å². The van der Waals surface area contributed by atoms with E-state index >= 15 is 0 Å². The number of nitrogens with one attached hydrogen (secondary N) is 1. The van der Waals surface area contributed by atoms with E-state index in [9.17, 15) is 8.78 Å². The third-order valence-electron chi connectivity index (χ3n) is 2.93. The Bertz CT molecular complexity index is 705. The van der Waals surface area contributed by atoms with Gasteiger partial charge in [-0.3, -0.25) is 0 Å². The highest BCUT2D eigenvalue weighted by molar-refractivity contribution is 5.44. The van der Waals surface area contributed by atoms with E-state index in [1.807, 2.05) is 0 Å². The zero-order chi connectivity index (χ0) is 14.7. The average Bonchev–Trinajstić information content (AvgIpc) is 3.02. The molecule has 1 N–H and O–H groups in total. The van der Waals surface area contributed by atoms with Crippen LogP contribution in [0.3, 0.4) is 0 Å². The van der Waals surface area contributed by atoms with Crippen LogP contribution < -0.4 is 5.32 Å². The average molecular weight is 287 g/mol. The largest absolute Gasteiger partial charge is 0.379 e. The van der Waals surface area contributed by atoms with Gasteiger partial charge in [-0.05, 0) is 24.3 Å². The van der Waals surface area contributed by atoms with Crippen LogP contribution >= 0.6 is 0 Å². The van der Waals surface area contributed by atoms with Crippen LogP contribution in [-0.4, -0.2) is 19.7 Å². The number of aromatic nitrogens is 4. The fourth-order valence-electron chi connectivity index (χ4n) is 1.84. The molecule has 5 nitrogen and oxygen atoms in total. The van der Waals surface area contributed by atoms with E-state index in [-0.39, 0.29) is 12.1 Å². The van der Waals surface area contributed by atoms with Crippen molar-refractivity contribution < 1.29 is 8.78 Å². The number of rotatable bonds is 4. The summed E-state index contributed by atoms with van der Waals surface area (Å²) in [7, 11) is 0. The van der Waals surface area contributed by atoms with Crippen molar-refractivity contribution in [2.75, 3.05) is 5.32 Å². The summed E-state index contributed by atoms with van der Waals surface area (Å²) in [6.07, 6.45) is 4.51. The predicted molar refractivity (Wildman–Crippen MR) is 72.8 cm³/mol. The lowest BCUT2D eigenvalue weighted by molar-refractivity contribution is 0.560. The van der Waals surface area contributed by atoms with Gasteiger partial charge in [0.15, 0.2) is 5.82 Å². The first-order valence-electron chi connectivity index (χ1n) is 6.22. The minimum Gasteiger partial charge on any atom is -0.379 e. The number of nitrogens with zero attached hydrogens (tertiary/aromatic N) is 4. The monoisotopic (exact) mass is 287 g/mol. The normalized spacial score (nSPS) is 10.6. The molecule has 1 aromatic carbocycles. The van der Waals surface area contributed by atoms with Crippen LogP contribution in [0.15, 0.2) is 49.2 Å². The number of pyridine rings is 1. The van der Waals surface area contributed by atoms with Gasteiger partial charge in [0.25, 0.3) is 0 Å². The quantitative estimate of drug-likeness (QED) is 0.801. The zero-order valence-corrected chi connectivity index (χ0v) is 10.9. The molecule has 0 radical (unpaired) electrons. The molecule has 0 saturated heterocycles. The number of hydrogen-bond acceptors (Lipinski definition) is 4. The molecule has 0 aliphatic rings. The highest BCUT2D eigenvalue weighted by Crippen LogP contribution is 2.15. The van der Waals surface area contributed by atoms with E-state index in [1.54, 1.807) is 18.3 Å². The van der Waals surface area contributed by atoms with E-state index in [0.29, 0.717) is 11.5 Å². The number of halogens is 2. The molecule has 0 bridgehead atoms. The van der Waals surface area contributed by atoms with Gasteiger partial charge >= 0.3 is 0 Å². The van der Waals surface area contributed by atoms with Crippen LogP contribution in [0.2, 0.25) is 0 Å². The molecule has 0 unspecified atom stereocenters. The Balaban J connectivity index is 1.71. The third-order valence-corrected chi connectivity index (χ3v) is 2.93. The van der Waals surface area contributed by atoms with Gasteiger partial charge in [-0.25, -0.2) is 23.4 Å². The summed E-state index contributed by atoms with van der Waals surface area (Å²) in [5.74, 6) is -0.542. The van der Waals surface area contributed by atoms with Crippen molar-refractivity contribution in [3.05, 3.63) is 66.4 Å². The second-order valence-electron chi connectivity index (χ2n) is 4.30. The predicted octanol–water partition coefficient (Wildman–Crippen LogP) is 2.55. The first kappa shape index (κ1) is 13.2. The standard InChI is InChI=1S/C14H11F2N5/c15-12-2-1-3-13(16)11(12)7-18-10-4-5-14(19-6-10)21-9-17-8-20-21/h1-6,8-9,18H,7H2. The van der Waals surface area contributed by atoms with Crippen molar-refractivity contribution in [3.8, 4) is 5.82 Å². The maximum atomic E-state index is 13.5. The summed E-state index contributed by atoms with van der Waals surface area (Å²) in [6, 6.07) is 7.28. The molecule has 0 aliphatic heterocycles. The molecule has 0 saturated carbocycles. The van der Waals surface area contributed by atoms with E-state index in [2.05, 4.69) is 20.4 Å². The van der Waals surface area contributed by atoms with Crippen molar-refractivity contribution in [1.29, 1.82) is 0 Å². The molecule has 0 amide bonds. The van der Waals surface area contributed by atoms with Crippen LogP contribution in [0, 0.1) is 11.6 Å². The summed E-state index contributed by atoms with van der Waals surface area (Å²) in [5.41, 5.74) is 0.652. The lowest BCUT2D eigenvalue weighted by Crippen LogP contribution is -2.05. The van der Waals surface area contributed by atoms with E-state index in [4.69, 9.17) is 0 Å². The first-order valence-corrected chi connectivity index (χ1v) is 6.22. The van der Waals surface area contributed by atoms with Gasteiger partial charge in [0.2, 0.25) is 0 Å². The summed E-state index contributed by atoms with van der Waals surface area (Å²) < 4.78 is 28.5. The van der Waals surface area contributed by atoms with Crippen molar-refractivity contribution in [2.45, 2.75) is 6.54 Å². The molecule has 106 valence electrons. The molecule has 0 atom stereocenters. The lowest BCUT2D eigenvalue weighted by atomic mass is 10.2. The Morgan fingerprint density at radius 2 is 1.90 bits per heavy atom. The molecule has 3 rings (SSSR count). The molecular formula is C14H11F2N5. The van der Waals surface area contributed by atoms with Gasteiger partial charge in [-0.2, -0.15) is 5.10 Å². The lowest BCUT2D eigenvalue weighted by Gasteiger charge is -2.08. The summed E-state index contributed by atoms with van der Waals surface area (Å²) in [5, 5.41) is 6.88. The maximum Gasteiger partial charge on any atom is 0.155 e. The van der Waals surface area contributed by atoms with Crippen molar-refractivity contribution in [3.63, 3.8) is 0 Å². The van der Waals surface area contributed by atoms with E-state index < -0.39 is 11.6 Å². The number of anilines is 1. The molecule has 7 heteroatoms. The van der Waals surface area contributed by atoms with E-state index in [1.165, 1.54) is 35.5 Å². The molecule has 2 aromatic heterocycles. The minimum atomic E-state index is -0.574. The second-order valence-corrected chi connectivity index (χ2v) is 4.30. The van der Waals surface area contributed by atoms with Crippen molar-refractivity contribution >= 4 is 5.69 Å².